The van der Waals surface area contributed by atoms with E-state index < -0.39 is 26.6 Å². The molecule has 0 fully saturated rings. The van der Waals surface area contributed by atoms with Gasteiger partial charge in [-0.2, -0.15) is 0 Å². The summed E-state index contributed by atoms with van der Waals surface area (Å²) in [4.78, 5) is -0.564. The molecule has 0 aliphatic heterocycles. The lowest BCUT2D eigenvalue weighted by molar-refractivity contribution is 0.543. The molecule has 0 aromatic heterocycles. The van der Waals surface area contributed by atoms with E-state index in [1.807, 2.05) is 19.1 Å². The van der Waals surface area contributed by atoms with Crippen LogP contribution in [0.5, 0.6) is 0 Å². The van der Waals surface area contributed by atoms with E-state index in [-0.39, 0.29) is 6.54 Å². The summed E-state index contributed by atoms with van der Waals surface area (Å²) in [5.74, 6) is -1.93. The van der Waals surface area contributed by atoms with E-state index in [4.69, 9.17) is 0 Å². The Balaban J connectivity index is 2.17. The van der Waals surface area contributed by atoms with Gasteiger partial charge in [-0.1, -0.05) is 29.8 Å². The van der Waals surface area contributed by atoms with E-state index >= 15 is 0 Å². The lowest BCUT2D eigenvalue weighted by Crippen LogP contribution is -2.24. The average Bonchev–Trinajstić information content (AvgIpc) is 2.37. The maximum absolute atomic E-state index is 13.5. The number of hydrogen-bond donors (Lipinski definition) is 1. The van der Waals surface area contributed by atoms with Crippen LogP contribution in [0.15, 0.2) is 47.4 Å². The van der Waals surface area contributed by atoms with E-state index in [1.165, 1.54) is 0 Å². The van der Waals surface area contributed by atoms with Crippen molar-refractivity contribution in [1.29, 1.82) is 0 Å². The number of hydrogen-bond acceptors (Lipinski definition) is 2. The second-order valence-corrected chi connectivity index (χ2v) is 6.12. The van der Waals surface area contributed by atoms with Gasteiger partial charge in [0.2, 0.25) is 10.0 Å². The van der Waals surface area contributed by atoms with E-state index in [0.29, 0.717) is 6.07 Å². The molecular formula is C14H13F2NO2S. The molecule has 0 radical (unpaired) electrons. The molecule has 0 amide bonds. The van der Waals surface area contributed by atoms with Crippen LogP contribution in [-0.2, 0) is 16.6 Å². The molecule has 0 saturated heterocycles. The standard InChI is InChI=1S/C14H13F2NO2S/c1-10-2-4-11(5-3-10)9-17-20(18,19)14-7-6-12(15)8-13(14)16/h2-8,17H,9H2,1H3. The van der Waals surface area contributed by atoms with Gasteiger partial charge in [0.1, 0.15) is 16.5 Å². The Morgan fingerprint density at radius 1 is 1.05 bits per heavy atom. The molecule has 0 spiro atoms. The summed E-state index contributed by atoms with van der Waals surface area (Å²) < 4.78 is 52.4. The minimum atomic E-state index is -4.01. The zero-order chi connectivity index (χ0) is 14.8. The van der Waals surface area contributed by atoms with Gasteiger partial charge in [0.05, 0.1) is 0 Å². The summed E-state index contributed by atoms with van der Waals surface area (Å²) in [5, 5.41) is 0. The minimum Gasteiger partial charge on any atom is -0.207 e. The molecule has 1 N–H and O–H groups in total. The fraction of sp³-hybridized carbons (Fsp3) is 0.143. The van der Waals surface area contributed by atoms with E-state index in [2.05, 4.69) is 4.72 Å². The monoisotopic (exact) mass is 297 g/mol. The molecular weight excluding hydrogens is 284 g/mol. The van der Waals surface area contributed by atoms with Crippen LogP contribution >= 0.6 is 0 Å². The molecule has 0 aliphatic carbocycles. The summed E-state index contributed by atoms with van der Waals surface area (Å²) in [7, 11) is -4.01. The predicted octanol–water partition coefficient (Wildman–Crippen LogP) is 2.75. The van der Waals surface area contributed by atoms with Gasteiger partial charge in [0, 0.05) is 12.6 Å². The Morgan fingerprint density at radius 2 is 1.70 bits per heavy atom. The fourth-order valence-electron chi connectivity index (χ4n) is 1.66. The molecule has 6 heteroatoms. The first kappa shape index (κ1) is 14.6. The van der Waals surface area contributed by atoms with Gasteiger partial charge in [0.15, 0.2) is 0 Å². The number of nitrogens with one attached hydrogen (secondary N) is 1. The van der Waals surface area contributed by atoms with E-state index in [0.717, 1.165) is 23.3 Å². The zero-order valence-electron chi connectivity index (χ0n) is 10.7. The summed E-state index contributed by atoms with van der Waals surface area (Å²) in [6.07, 6.45) is 0. The van der Waals surface area contributed by atoms with Crippen molar-refractivity contribution in [3.05, 3.63) is 65.2 Å². The van der Waals surface area contributed by atoms with Gasteiger partial charge >= 0.3 is 0 Å². The van der Waals surface area contributed by atoms with Crippen molar-refractivity contribution in [2.45, 2.75) is 18.4 Å². The van der Waals surface area contributed by atoms with Crippen molar-refractivity contribution >= 4 is 10.0 Å². The molecule has 0 atom stereocenters. The molecule has 0 aliphatic rings. The first-order chi connectivity index (χ1) is 9.38. The van der Waals surface area contributed by atoms with Gasteiger partial charge in [0.25, 0.3) is 0 Å². The lowest BCUT2D eigenvalue weighted by atomic mass is 10.2. The van der Waals surface area contributed by atoms with Crippen molar-refractivity contribution in [3.8, 4) is 0 Å². The Morgan fingerprint density at radius 3 is 2.30 bits per heavy atom. The summed E-state index contributed by atoms with van der Waals surface area (Å²) >= 11 is 0. The highest BCUT2D eigenvalue weighted by Gasteiger charge is 2.19. The van der Waals surface area contributed by atoms with Crippen LogP contribution in [0.4, 0.5) is 8.78 Å². The summed E-state index contributed by atoms with van der Waals surface area (Å²) in [6.45, 7) is 1.96. The Kier molecular flexibility index (Phi) is 4.15. The maximum Gasteiger partial charge on any atom is 0.243 e. The highest BCUT2D eigenvalue weighted by atomic mass is 32.2. The number of aryl methyl sites for hydroxylation is 1. The van der Waals surface area contributed by atoms with Crippen LogP contribution in [0.3, 0.4) is 0 Å². The molecule has 2 aromatic carbocycles. The molecule has 0 heterocycles. The third-order valence-corrected chi connectivity index (χ3v) is 4.20. The smallest absolute Gasteiger partial charge is 0.207 e. The lowest BCUT2D eigenvalue weighted by Gasteiger charge is -2.08. The highest BCUT2D eigenvalue weighted by Crippen LogP contribution is 2.15. The van der Waals surface area contributed by atoms with Gasteiger partial charge in [-0.3, -0.25) is 0 Å². The van der Waals surface area contributed by atoms with Gasteiger partial charge in [-0.25, -0.2) is 21.9 Å². The molecule has 2 rings (SSSR count). The van der Waals surface area contributed by atoms with Crippen molar-refractivity contribution < 1.29 is 17.2 Å². The quantitative estimate of drug-likeness (QED) is 0.943. The van der Waals surface area contributed by atoms with E-state index in [9.17, 15) is 17.2 Å². The van der Waals surface area contributed by atoms with Crippen molar-refractivity contribution in [3.63, 3.8) is 0 Å². The number of benzene rings is 2. The van der Waals surface area contributed by atoms with Crippen LogP contribution in [0.2, 0.25) is 0 Å². The highest BCUT2D eigenvalue weighted by molar-refractivity contribution is 7.89. The molecule has 0 unspecified atom stereocenters. The van der Waals surface area contributed by atoms with Crippen LogP contribution in [-0.4, -0.2) is 8.42 Å². The third kappa shape index (κ3) is 3.40. The van der Waals surface area contributed by atoms with Crippen LogP contribution in [0, 0.1) is 18.6 Å². The van der Waals surface area contributed by atoms with Crippen molar-refractivity contribution in [2.24, 2.45) is 0 Å². The Bertz CT molecular complexity index is 712. The second-order valence-electron chi connectivity index (χ2n) is 4.38. The molecule has 106 valence electrons. The van der Waals surface area contributed by atoms with Gasteiger partial charge < -0.3 is 0 Å². The van der Waals surface area contributed by atoms with Crippen molar-refractivity contribution in [2.75, 3.05) is 0 Å². The van der Waals surface area contributed by atoms with Crippen LogP contribution in [0.25, 0.3) is 0 Å². The van der Waals surface area contributed by atoms with Gasteiger partial charge in [-0.15, -0.1) is 0 Å². The van der Waals surface area contributed by atoms with Crippen molar-refractivity contribution in [1.82, 2.24) is 4.72 Å². The largest absolute Gasteiger partial charge is 0.243 e. The normalized spacial score (nSPS) is 11.6. The summed E-state index contributed by atoms with van der Waals surface area (Å²) in [5.41, 5.74) is 1.81. The topological polar surface area (TPSA) is 46.2 Å². The molecule has 20 heavy (non-hydrogen) atoms. The zero-order valence-corrected chi connectivity index (χ0v) is 11.5. The number of sulfonamides is 1. The first-order valence-corrected chi connectivity index (χ1v) is 7.37. The Hall–Kier alpha value is -1.79. The van der Waals surface area contributed by atoms with Crippen LogP contribution in [0.1, 0.15) is 11.1 Å². The number of rotatable bonds is 4. The molecule has 0 bridgehead atoms. The molecule has 3 nitrogen and oxygen atoms in total. The average molecular weight is 297 g/mol. The third-order valence-electron chi connectivity index (χ3n) is 2.77. The second kappa shape index (κ2) is 5.68. The van der Waals surface area contributed by atoms with E-state index in [1.54, 1.807) is 12.1 Å². The molecule has 2 aromatic rings. The summed E-state index contributed by atoms with van der Waals surface area (Å²) in [6, 6.07) is 9.61. The van der Waals surface area contributed by atoms with Gasteiger partial charge in [-0.05, 0) is 24.6 Å². The number of halogens is 2. The minimum absolute atomic E-state index is 0.0411. The fourth-order valence-corrected chi connectivity index (χ4v) is 2.73. The first-order valence-electron chi connectivity index (χ1n) is 5.89. The van der Waals surface area contributed by atoms with Crippen LogP contribution < -0.4 is 4.72 Å². The molecule has 0 saturated carbocycles. The maximum atomic E-state index is 13.5. The SMILES string of the molecule is Cc1ccc(CNS(=O)(=O)c2ccc(F)cc2F)cc1. The Labute approximate surface area is 116 Å². The predicted molar refractivity (Wildman–Crippen MR) is 71.6 cm³/mol.